The molecule has 2 aromatic heterocycles. The lowest BCUT2D eigenvalue weighted by atomic mass is 10.2. The number of likely N-dealkylation sites (tertiary alicyclic amines) is 1. The second-order valence-electron chi connectivity index (χ2n) is 6.94. The zero-order valence-electron chi connectivity index (χ0n) is 15.8. The van der Waals surface area contributed by atoms with Gasteiger partial charge in [-0.1, -0.05) is 6.92 Å². The SMILES string of the molecule is CN=C(NCC(C)Cn1cccn1)NCC(c1ccco1)N1CCCC1. The van der Waals surface area contributed by atoms with Crippen LogP contribution in [0, 0.1) is 5.92 Å². The third-order valence-electron chi connectivity index (χ3n) is 4.82. The average molecular weight is 358 g/mol. The van der Waals surface area contributed by atoms with Crippen molar-refractivity contribution >= 4 is 5.96 Å². The number of nitrogens with one attached hydrogen (secondary N) is 2. The molecule has 0 bridgehead atoms. The molecule has 3 heterocycles. The summed E-state index contributed by atoms with van der Waals surface area (Å²) < 4.78 is 7.64. The molecule has 0 aliphatic carbocycles. The number of rotatable bonds is 8. The van der Waals surface area contributed by atoms with E-state index in [1.165, 1.54) is 12.8 Å². The Morgan fingerprint density at radius 3 is 2.73 bits per heavy atom. The highest BCUT2D eigenvalue weighted by Gasteiger charge is 2.25. The highest BCUT2D eigenvalue weighted by atomic mass is 16.3. The lowest BCUT2D eigenvalue weighted by molar-refractivity contribution is 0.215. The first-order valence-electron chi connectivity index (χ1n) is 9.45. The molecule has 142 valence electrons. The number of guanidine groups is 1. The molecule has 1 saturated heterocycles. The minimum atomic E-state index is 0.243. The van der Waals surface area contributed by atoms with Gasteiger partial charge in [0.1, 0.15) is 5.76 Å². The highest BCUT2D eigenvalue weighted by Crippen LogP contribution is 2.24. The van der Waals surface area contributed by atoms with E-state index in [2.05, 4.69) is 38.6 Å². The Kier molecular flexibility index (Phi) is 6.71. The molecule has 1 fully saturated rings. The third-order valence-corrected chi connectivity index (χ3v) is 4.82. The molecule has 0 saturated carbocycles. The summed E-state index contributed by atoms with van der Waals surface area (Å²) in [6.45, 7) is 6.97. The van der Waals surface area contributed by atoms with Crippen molar-refractivity contribution in [1.82, 2.24) is 25.3 Å². The summed E-state index contributed by atoms with van der Waals surface area (Å²) in [6.07, 6.45) is 8.08. The van der Waals surface area contributed by atoms with E-state index >= 15 is 0 Å². The normalized spacial score (nSPS) is 18.0. The fourth-order valence-corrected chi connectivity index (χ4v) is 3.42. The molecule has 26 heavy (non-hydrogen) atoms. The third kappa shape index (κ3) is 5.11. The van der Waals surface area contributed by atoms with Crippen molar-refractivity contribution in [2.45, 2.75) is 32.4 Å². The zero-order chi connectivity index (χ0) is 18.2. The van der Waals surface area contributed by atoms with Gasteiger partial charge >= 0.3 is 0 Å². The van der Waals surface area contributed by atoms with Gasteiger partial charge in [-0.2, -0.15) is 5.10 Å². The molecule has 2 aromatic rings. The van der Waals surface area contributed by atoms with Crippen molar-refractivity contribution in [3.63, 3.8) is 0 Å². The fraction of sp³-hybridized carbons (Fsp3) is 0.579. The molecular weight excluding hydrogens is 328 g/mol. The molecule has 2 atom stereocenters. The van der Waals surface area contributed by atoms with E-state index in [0.717, 1.165) is 44.4 Å². The topological polar surface area (TPSA) is 70.6 Å². The second kappa shape index (κ2) is 9.43. The monoisotopic (exact) mass is 358 g/mol. The molecule has 0 spiro atoms. The van der Waals surface area contributed by atoms with Crippen molar-refractivity contribution in [2.24, 2.45) is 10.9 Å². The van der Waals surface area contributed by atoms with Crippen molar-refractivity contribution in [3.8, 4) is 0 Å². The Balaban J connectivity index is 1.48. The van der Waals surface area contributed by atoms with E-state index in [1.54, 1.807) is 6.26 Å². The number of aromatic nitrogens is 2. The molecule has 2 N–H and O–H groups in total. The van der Waals surface area contributed by atoms with E-state index < -0.39 is 0 Å². The van der Waals surface area contributed by atoms with Crippen LogP contribution in [-0.4, -0.2) is 53.9 Å². The summed E-state index contributed by atoms with van der Waals surface area (Å²) >= 11 is 0. The van der Waals surface area contributed by atoms with Gasteiger partial charge in [-0.15, -0.1) is 0 Å². The standard InChI is InChI=1S/C19H30N6O/c1-16(15-25-11-6-8-23-25)13-21-19(20-2)22-14-17(18-7-5-12-26-18)24-9-3-4-10-24/h5-8,11-12,16-17H,3-4,9-10,13-15H2,1-2H3,(H2,20,21,22). The first kappa shape index (κ1) is 18.5. The lowest BCUT2D eigenvalue weighted by Gasteiger charge is -2.27. The molecule has 7 nitrogen and oxygen atoms in total. The largest absolute Gasteiger partial charge is 0.468 e. The van der Waals surface area contributed by atoms with Crippen molar-refractivity contribution < 1.29 is 4.42 Å². The van der Waals surface area contributed by atoms with Gasteiger partial charge in [0.05, 0.1) is 12.3 Å². The Bertz CT molecular complexity index is 646. The first-order chi connectivity index (χ1) is 12.8. The van der Waals surface area contributed by atoms with Crippen LogP contribution in [0.5, 0.6) is 0 Å². The Hall–Kier alpha value is -2.28. The van der Waals surface area contributed by atoms with Crippen LogP contribution < -0.4 is 10.6 Å². The van der Waals surface area contributed by atoms with Crippen LogP contribution in [0.2, 0.25) is 0 Å². The van der Waals surface area contributed by atoms with Crippen LogP contribution in [0.3, 0.4) is 0 Å². The predicted molar refractivity (Wildman–Crippen MR) is 103 cm³/mol. The summed E-state index contributed by atoms with van der Waals surface area (Å²) in [7, 11) is 1.81. The summed E-state index contributed by atoms with van der Waals surface area (Å²) in [5.74, 6) is 2.29. The van der Waals surface area contributed by atoms with Crippen molar-refractivity contribution in [3.05, 3.63) is 42.6 Å². The summed E-state index contributed by atoms with van der Waals surface area (Å²) in [5.41, 5.74) is 0. The fourth-order valence-electron chi connectivity index (χ4n) is 3.42. The quantitative estimate of drug-likeness (QED) is 0.559. The van der Waals surface area contributed by atoms with Crippen LogP contribution in [0.1, 0.15) is 31.6 Å². The molecule has 7 heteroatoms. The van der Waals surface area contributed by atoms with E-state index in [0.29, 0.717) is 5.92 Å². The number of nitrogens with zero attached hydrogens (tertiary/aromatic N) is 4. The second-order valence-corrected chi connectivity index (χ2v) is 6.94. The molecule has 0 amide bonds. The Morgan fingerprint density at radius 1 is 1.27 bits per heavy atom. The number of aliphatic imine (C=N–C) groups is 1. The van der Waals surface area contributed by atoms with Gasteiger partial charge in [-0.05, 0) is 50.0 Å². The van der Waals surface area contributed by atoms with E-state index in [9.17, 15) is 0 Å². The Labute approximate surface area is 155 Å². The van der Waals surface area contributed by atoms with Gasteiger partial charge < -0.3 is 15.1 Å². The maximum atomic E-state index is 5.68. The molecule has 3 rings (SSSR count). The average Bonchev–Trinajstić information content (AvgIpc) is 3.41. The van der Waals surface area contributed by atoms with Crippen LogP contribution in [0.4, 0.5) is 0 Å². The smallest absolute Gasteiger partial charge is 0.191 e. The van der Waals surface area contributed by atoms with Crippen LogP contribution >= 0.6 is 0 Å². The highest BCUT2D eigenvalue weighted by molar-refractivity contribution is 5.79. The first-order valence-corrected chi connectivity index (χ1v) is 9.45. The Morgan fingerprint density at radius 2 is 2.08 bits per heavy atom. The minimum absolute atomic E-state index is 0.243. The van der Waals surface area contributed by atoms with Crippen LogP contribution in [-0.2, 0) is 6.54 Å². The molecule has 0 radical (unpaired) electrons. The molecule has 2 unspecified atom stereocenters. The van der Waals surface area contributed by atoms with Crippen LogP contribution in [0.25, 0.3) is 0 Å². The predicted octanol–water partition coefficient (Wildman–Crippen LogP) is 2.11. The molecule has 0 aromatic carbocycles. The van der Waals surface area contributed by atoms with Crippen molar-refractivity contribution in [2.75, 3.05) is 33.2 Å². The number of furan rings is 1. The summed E-state index contributed by atoms with van der Waals surface area (Å²) in [5, 5.41) is 11.1. The number of hydrogen-bond acceptors (Lipinski definition) is 4. The maximum absolute atomic E-state index is 5.68. The van der Waals surface area contributed by atoms with Gasteiger partial charge in [-0.3, -0.25) is 14.6 Å². The molecular formula is C19H30N6O. The van der Waals surface area contributed by atoms with Gasteiger partial charge in [0.25, 0.3) is 0 Å². The van der Waals surface area contributed by atoms with Crippen LogP contribution in [0.15, 0.2) is 46.3 Å². The summed E-state index contributed by atoms with van der Waals surface area (Å²) in [6, 6.07) is 6.22. The van der Waals surface area contributed by atoms with E-state index in [-0.39, 0.29) is 6.04 Å². The summed E-state index contributed by atoms with van der Waals surface area (Å²) in [4.78, 5) is 6.85. The maximum Gasteiger partial charge on any atom is 0.191 e. The number of hydrogen-bond donors (Lipinski definition) is 2. The van der Waals surface area contributed by atoms with Gasteiger partial charge in [0.15, 0.2) is 5.96 Å². The van der Waals surface area contributed by atoms with Gasteiger partial charge in [0, 0.05) is 39.1 Å². The van der Waals surface area contributed by atoms with Crippen molar-refractivity contribution in [1.29, 1.82) is 0 Å². The van der Waals surface area contributed by atoms with E-state index in [4.69, 9.17) is 4.42 Å². The van der Waals surface area contributed by atoms with Gasteiger partial charge in [0.2, 0.25) is 0 Å². The van der Waals surface area contributed by atoms with E-state index in [1.807, 2.05) is 36.3 Å². The van der Waals surface area contributed by atoms with Gasteiger partial charge in [-0.25, -0.2) is 0 Å². The minimum Gasteiger partial charge on any atom is -0.468 e. The molecule has 1 aliphatic heterocycles. The zero-order valence-corrected chi connectivity index (χ0v) is 15.8. The lowest BCUT2D eigenvalue weighted by Crippen LogP contribution is -2.44. The molecule has 1 aliphatic rings.